The van der Waals surface area contributed by atoms with Crippen molar-refractivity contribution in [3.63, 3.8) is 0 Å². The standard InChI is InChI=1S/C26H37I/c1-6-9-22-23-14-13-21(27)17-25(23)26(4,5)24(22)15-11-18-10-12-19(7-2)20(8-3)16-18/h7,10,12-13,16,22-25H,2,6,8-9,11,14-15,17H2,1,3-5H3/t22?,23?,24-,25+/m0/s1. The minimum absolute atomic E-state index is 0.462. The van der Waals surface area contributed by atoms with E-state index in [2.05, 4.69) is 81.1 Å². The highest BCUT2D eigenvalue weighted by Crippen LogP contribution is 2.61. The Bertz CT molecular complexity index is 696. The lowest BCUT2D eigenvalue weighted by Gasteiger charge is -2.36. The largest absolute Gasteiger partial charge is 0.0985 e. The van der Waals surface area contributed by atoms with Crippen molar-refractivity contribution < 1.29 is 0 Å². The van der Waals surface area contributed by atoms with Crippen molar-refractivity contribution in [1.82, 2.24) is 0 Å². The summed E-state index contributed by atoms with van der Waals surface area (Å²) in [5.41, 5.74) is 4.74. The SMILES string of the molecule is C=Cc1ccc(CC[C@H]2C(CCC)C3CC=C(I)C[C@H]3C2(C)C)cc1CC. The molecule has 0 saturated heterocycles. The molecule has 27 heavy (non-hydrogen) atoms. The molecule has 1 saturated carbocycles. The fourth-order valence-electron chi connectivity index (χ4n) is 6.26. The van der Waals surface area contributed by atoms with Crippen LogP contribution in [-0.4, -0.2) is 0 Å². The molecule has 2 aliphatic carbocycles. The van der Waals surface area contributed by atoms with Gasteiger partial charge in [0.2, 0.25) is 0 Å². The van der Waals surface area contributed by atoms with Crippen LogP contribution in [0.1, 0.15) is 76.5 Å². The van der Waals surface area contributed by atoms with Crippen molar-refractivity contribution in [3.05, 3.63) is 51.1 Å². The molecule has 0 N–H and O–H groups in total. The van der Waals surface area contributed by atoms with E-state index in [1.54, 1.807) is 3.58 Å². The summed E-state index contributed by atoms with van der Waals surface area (Å²) in [4.78, 5) is 0. The maximum Gasteiger partial charge on any atom is -0.0131 e. The molecule has 2 unspecified atom stereocenters. The average molecular weight is 476 g/mol. The van der Waals surface area contributed by atoms with E-state index in [1.165, 1.54) is 55.2 Å². The Balaban J connectivity index is 1.79. The van der Waals surface area contributed by atoms with Gasteiger partial charge < -0.3 is 0 Å². The van der Waals surface area contributed by atoms with E-state index in [-0.39, 0.29) is 0 Å². The van der Waals surface area contributed by atoms with Gasteiger partial charge in [-0.1, -0.05) is 77.5 Å². The summed E-state index contributed by atoms with van der Waals surface area (Å²) in [6.07, 6.45) is 13.6. The summed E-state index contributed by atoms with van der Waals surface area (Å²) in [7, 11) is 0. The molecular formula is C26H37I. The predicted molar refractivity (Wildman–Crippen MR) is 128 cm³/mol. The Kier molecular flexibility index (Phi) is 6.93. The summed E-state index contributed by atoms with van der Waals surface area (Å²) < 4.78 is 1.60. The number of aryl methyl sites for hydroxylation is 2. The quantitative estimate of drug-likeness (QED) is 0.348. The van der Waals surface area contributed by atoms with E-state index in [0.717, 1.165) is 30.1 Å². The fraction of sp³-hybridized carbons (Fsp3) is 0.615. The van der Waals surface area contributed by atoms with E-state index < -0.39 is 0 Å². The minimum atomic E-state index is 0.462. The van der Waals surface area contributed by atoms with Gasteiger partial charge in [0, 0.05) is 0 Å². The van der Waals surface area contributed by atoms with Gasteiger partial charge in [0.15, 0.2) is 0 Å². The molecule has 0 bridgehead atoms. The van der Waals surface area contributed by atoms with Crippen LogP contribution in [0.2, 0.25) is 0 Å². The van der Waals surface area contributed by atoms with Crippen LogP contribution >= 0.6 is 22.6 Å². The molecule has 1 aromatic carbocycles. The highest BCUT2D eigenvalue weighted by molar-refractivity contribution is 14.1. The summed E-state index contributed by atoms with van der Waals surface area (Å²) in [5.74, 6) is 3.56. The molecule has 1 fully saturated rings. The topological polar surface area (TPSA) is 0 Å². The number of rotatable bonds is 7. The first kappa shape index (κ1) is 21.1. The van der Waals surface area contributed by atoms with Gasteiger partial charge in [-0.25, -0.2) is 0 Å². The van der Waals surface area contributed by atoms with Gasteiger partial charge in [-0.3, -0.25) is 0 Å². The number of benzene rings is 1. The molecule has 0 heterocycles. The Morgan fingerprint density at radius 1 is 1.22 bits per heavy atom. The maximum absolute atomic E-state index is 3.97. The highest BCUT2D eigenvalue weighted by Gasteiger charge is 2.54. The van der Waals surface area contributed by atoms with Crippen molar-refractivity contribution in [2.45, 2.75) is 72.6 Å². The molecule has 0 spiro atoms. The van der Waals surface area contributed by atoms with Gasteiger partial charge in [-0.05, 0) is 104 Å². The third kappa shape index (κ3) is 4.23. The summed E-state index contributed by atoms with van der Waals surface area (Å²) in [6, 6.07) is 7.05. The van der Waals surface area contributed by atoms with Crippen LogP contribution in [0, 0.1) is 29.1 Å². The molecule has 148 valence electrons. The lowest BCUT2D eigenvalue weighted by atomic mass is 9.69. The molecule has 4 atom stereocenters. The summed E-state index contributed by atoms with van der Waals surface area (Å²) in [6.45, 7) is 13.8. The zero-order valence-corrected chi connectivity index (χ0v) is 19.9. The molecule has 3 rings (SSSR count). The summed E-state index contributed by atoms with van der Waals surface area (Å²) >= 11 is 2.58. The monoisotopic (exact) mass is 476 g/mol. The number of fused-ring (bicyclic) bond motifs is 1. The number of hydrogen-bond acceptors (Lipinski definition) is 0. The van der Waals surface area contributed by atoms with E-state index in [4.69, 9.17) is 0 Å². The molecular weight excluding hydrogens is 439 g/mol. The van der Waals surface area contributed by atoms with Crippen LogP contribution in [0.25, 0.3) is 6.08 Å². The normalized spacial score (nSPS) is 29.3. The van der Waals surface area contributed by atoms with Crippen molar-refractivity contribution in [3.8, 4) is 0 Å². The lowest BCUT2D eigenvalue weighted by Crippen LogP contribution is -2.28. The second-order valence-corrected chi connectivity index (χ2v) is 10.8. The molecule has 0 aromatic heterocycles. The highest BCUT2D eigenvalue weighted by atomic mass is 127. The smallest absolute Gasteiger partial charge is 0.0131 e. The van der Waals surface area contributed by atoms with Gasteiger partial charge in [-0.2, -0.15) is 0 Å². The van der Waals surface area contributed by atoms with Gasteiger partial charge in [0.05, 0.1) is 0 Å². The lowest BCUT2D eigenvalue weighted by molar-refractivity contribution is 0.152. The predicted octanol–water partition coefficient (Wildman–Crippen LogP) is 8.24. The first-order chi connectivity index (χ1) is 12.9. The minimum Gasteiger partial charge on any atom is -0.0985 e. The van der Waals surface area contributed by atoms with Crippen LogP contribution in [0.4, 0.5) is 0 Å². The van der Waals surface area contributed by atoms with Gasteiger partial charge in [-0.15, -0.1) is 0 Å². The van der Waals surface area contributed by atoms with Crippen LogP contribution in [0.15, 0.2) is 34.4 Å². The van der Waals surface area contributed by atoms with E-state index in [1.807, 2.05) is 6.08 Å². The first-order valence-electron chi connectivity index (χ1n) is 11.0. The van der Waals surface area contributed by atoms with Gasteiger partial charge in [0.25, 0.3) is 0 Å². The third-order valence-electron chi connectivity index (χ3n) is 7.70. The third-order valence-corrected chi connectivity index (χ3v) is 8.58. The van der Waals surface area contributed by atoms with Gasteiger partial charge >= 0.3 is 0 Å². The second kappa shape index (κ2) is 8.84. The molecule has 0 nitrogen and oxygen atoms in total. The fourth-order valence-corrected chi connectivity index (χ4v) is 6.99. The molecule has 1 aromatic rings. The van der Waals surface area contributed by atoms with E-state index in [0.29, 0.717) is 5.41 Å². The van der Waals surface area contributed by atoms with Crippen LogP contribution in [-0.2, 0) is 12.8 Å². The zero-order chi connectivity index (χ0) is 19.6. The molecule has 0 amide bonds. The molecule has 0 aliphatic heterocycles. The molecule has 0 radical (unpaired) electrons. The maximum atomic E-state index is 3.97. The van der Waals surface area contributed by atoms with Crippen molar-refractivity contribution in [2.75, 3.05) is 0 Å². The second-order valence-electron chi connectivity index (χ2n) is 9.37. The zero-order valence-electron chi connectivity index (χ0n) is 17.7. The Hall–Kier alpha value is -0.570. The van der Waals surface area contributed by atoms with Crippen LogP contribution < -0.4 is 0 Å². The Labute approximate surface area is 181 Å². The average Bonchev–Trinajstić information content (AvgIpc) is 2.86. The van der Waals surface area contributed by atoms with E-state index in [9.17, 15) is 0 Å². The molecule has 1 heteroatoms. The van der Waals surface area contributed by atoms with E-state index >= 15 is 0 Å². The number of hydrogen-bond donors (Lipinski definition) is 0. The van der Waals surface area contributed by atoms with Crippen LogP contribution in [0.3, 0.4) is 0 Å². The Morgan fingerprint density at radius 3 is 2.67 bits per heavy atom. The summed E-state index contributed by atoms with van der Waals surface area (Å²) in [5, 5.41) is 0. The van der Waals surface area contributed by atoms with Gasteiger partial charge in [0.1, 0.15) is 0 Å². The van der Waals surface area contributed by atoms with Crippen molar-refractivity contribution >= 4 is 28.7 Å². The number of allylic oxidation sites excluding steroid dienone is 2. The van der Waals surface area contributed by atoms with Crippen LogP contribution in [0.5, 0.6) is 0 Å². The molecule has 2 aliphatic rings. The van der Waals surface area contributed by atoms with Crippen molar-refractivity contribution in [2.24, 2.45) is 29.1 Å². The first-order valence-corrected chi connectivity index (χ1v) is 12.1. The van der Waals surface area contributed by atoms with Crippen molar-refractivity contribution in [1.29, 1.82) is 0 Å². The number of halogens is 1. The Morgan fingerprint density at radius 2 is 2.00 bits per heavy atom.